The summed E-state index contributed by atoms with van der Waals surface area (Å²) < 4.78 is 5.56. The molecule has 0 saturated carbocycles. The number of amides is 3. The van der Waals surface area contributed by atoms with Crippen LogP contribution < -0.4 is 20.7 Å². The number of anilines is 2. The molecule has 3 N–H and O–H groups in total. The standard InChI is InChI=1S/C18H18N4O3/c1-12(25-16-8-6-13(11-19)7-9-16)17(23)21-14-4-3-5-15(10-14)22-18(24)20-2/h3-10,12H,1-2H3,(H,21,23)(H2,20,22,24). The van der Waals surface area contributed by atoms with E-state index in [4.69, 9.17) is 10.00 Å². The Balaban J connectivity index is 1.97. The summed E-state index contributed by atoms with van der Waals surface area (Å²) in [6, 6.07) is 15.0. The van der Waals surface area contributed by atoms with E-state index in [0.717, 1.165) is 0 Å². The number of nitriles is 1. The first-order valence-corrected chi connectivity index (χ1v) is 7.58. The fraction of sp³-hybridized carbons (Fsp3) is 0.167. The molecule has 1 atom stereocenters. The Labute approximate surface area is 145 Å². The van der Waals surface area contributed by atoms with Crippen molar-refractivity contribution in [1.29, 1.82) is 5.26 Å². The molecule has 1 unspecified atom stereocenters. The van der Waals surface area contributed by atoms with Gasteiger partial charge < -0.3 is 20.7 Å². The van der Waals surface area contributed by atoms with Crippen molar-refractivity contribution in [3.63, 3.8) is 0 Å². The summed E-state index contributed by atoms with van der Waals surface area (Å²) in [5.41, 5.74) is 1.61. The fourth-order valence-corrected chi connectivity index (χ4v) is 1.98. The van der Waals surface area contributed by atoms with Gasteiger partial charge in [-0.1, -0.05) is 6.07 Å². The summed E-state index contributed by atoms with van der Waals surface area (Å²) in [6.45, 7) is 1.63. The second-order valence-corrected chi connectivity index (χ2v) is 5.17. The summed E-state index contributed by atoms with van der Waals surface area (Å²) in [5.74, 6) is 0.165. The highest BCUT2D eigenvalue weighted by Crippen LogP contribution is 2.17. The zero-order chi connectivity index (χ0) is 18.2. The number of nitrogens with one attached hydrogen (secondary N) is 3. The van der Waals surface area contributed by atoms with Gasteiger partial charge in [-0.2, -0.15) is 5.26 Å². The van der Waals surface area contributed by atoms with E-state index >= 15 is 0 Å². The Morgan fingerprint density at radius 1 is 1.08 bits per heavy atom. The van der Waals surface area contributed by atoms with E-state index in [1.54, 1.807) is 55.5 Å². The van der Waals surface area contributed by atoms with Crippen LogP contribution in [0.5, 0.6) is 5.75 Å². The number of hydrogen-bond acceptors (Lipinski definition) is 4. The van der Waals surface area contributed by atoms with Crippen LogP contribution in [0.1, 0.15) is 12.5 Å². The Hall–Kier alpha value is -3.53. The summed E-state index contributed by atoms with van der Waals surface area (Å²) in [7, 11) is 1.52. The highest BCUT2D eigenvalue weighted by molar-refractivity contribution is 5.95. The average Bonchev–Trinajstić information content (AvgIpc) is 2.62. The van der Waals surface area contributed by atoms with E-state index < -0.39 is 6.10 Å². The lowest BCUT2D eigenvalue weighted by Crippen LogP contribution is -2.30. The second-order valence-electron chi connectivity index (χ2n) is 5.17. The first kappa shape index (κ1) is 17.8. The van der Waals surface area contributed by atoms with Gasteiger partial charge in [-0.05, 0) is 49.4 Å². The topological polar surface area (TPSA) is 103 Å². The number of benzene rings is 2. The molecule has 0 fully saturated rings. The molecule has 0 aliphatic carbocycles. The molecule has 128 valence electrons. The first-order chi connectivity index (χ1) is 12.0. The van der Waals surface area contributed by atoms with Crippen molar-refractivity contribution in [2.75, 3.05) is 17.7 Å². The van der Waals surface area contributed by atoms with E-state index in [1.165, 1.54) is 7.05 Å². The molecule has 2 rings (SSSR count). The van der Waals surface area contributed by atoms with E-state index in [9.17, 15) is 9.59 Å². The molecule has 3 amide bonds. The molecule has 0 bridgehead atoms. The van der Waals surface area contributed by atoms with Crippen LogP contribution in [0, 0.1) is 11.3 Å². The first-order valence-electron chi connectivity index (χ1n) is 7.58. The third-order valence-corrected chi connectivity index (χ3v) is 3.28. The molecule has 2 aromatic carbocycles. The Bertz CT molecular complexity index is 797. The summed E-state index contributed by atoms with van der Waals surface area (Å²) in [5, 5.41) is 16.6. The molecule has 7 heteroatoms. The molecule has 25 heavy (non-hydrogen) atoms. The smallest absolute Gasteiger partial charge is 0.318 e. The Morgan fingerprint density at radius 2 is 1.72 bits per heavy atom. The number of rotatable bonds is 5. The molecule has 0 heterocycles. The maximum absolute atomic E-state index is 12.2. The minimum absolute atomic E-state index is 0.332. The number of nitrogens with zero attached hydrogens (tertiary/aromatic N) is 1. The maximum Gasteiger partial charge on any atom is 0.318 e. The van der Waals surface area contributed by atoms with E-state index in [2.05, 4.69) is 16.0 Å². The lowest BCUT2D eigenvalue weighted by molar-refractivity contribution is -0.122. The number of carbonyl (C=O) groups is 2. The lowest BCUT2D eigenvalue weighted by Gasteiger charge is -2.15. The fourth-order valence-electron chi connectivity index (χ4n) is 1.98. The number of hydrogen-bond donors (Lipinski definition) is 3. The van der Waals surface area contributed by atoms with E-state index in [1.807, 2.05) is 6.07 Å². The van der Waals surface area contributed by atoms with Crippen LogP contribution >= 0.6 is 0 Å². The van der Waals surface area contributed by atoms with Gasteiger partial charge in [-0.15, -0.1) is 0 Å². The summed E-state index contributed by atoms with van der Waals surface area (Å²) in [6.07, 6.45) is -0.733. The average molecular weight is 338 g/mol. The van der Waals surface area contributed by atoms with Crippen LogP contribution in [-0.4, -0.2) is 25.1 Å². The zero-order valence-electron chi connectivity index (χ0n) is 13.9. The highest BCUT2D eigenvalue weighted by atomic mass is 16.5. The van der Waals surface area contributed by atoms with Gasteiger partial charge in [0.05, 0.1) is 11.6 Å². The highest BCUT2D eigenvalue weighted by Gasteiger charge is 2.15. The van der Waals surface area contributed by atoms with Crippen molar-refractivity contribution in [3.05, 3.63) is 54.1 Å². The monoisotopic (exact) mass is 338 g/mol. The number of urea groups is 1. The van der Waals surface area contributed by atoms with Crippen LogP contribution in [0.25, 0.3) is 0 Å². The van der Waals surface area contributed by atoms with Crippen molar-refractivity contribution in [2.24, 2.45) is 0 Å². The van der Waals surface area contributed by atoms with Crippen LogP contribution in [-0.2, 0) is 4.79 Å². The molecule has 0 spiro atoms. The molecule has 0 aliphatic heterocycles. The summed E-state index contributed by atoms with van der Waals surface area (Å²) >= 11 is 0. The van der Waals surface area contributed by atoms with Crippen molar-refractivity contribution < 1.29 is 14.3 Å². The molecular weight excluding hydrogens is 320 g/mol. The number of ether oxygens (including phenoxy) is 1. The van der Waals surface area contributed by atoms with Crippen LogP contribution in [0.4, 0.5) is 16.2 Å². The van der Waals surface area contributed by atoms with E-state index in [-0.39, 0.29) is 11.9 Å². The molecule has 0 radical (unpaired) electrons. The van der Waals surface area contributed by atoms with Crippen molar-refractivity contribution in [1.82, 2.24) is 5.32 Å². The summed E-state index contributed by atoms with van der Waals surface area (Å²) in [4.78, 5) is 23.6. The predicted octanol–water partition coefficient (Wildman–Crippen LogP) is 2.72. The molecule has 0 aromatic heterocycles. The minimum Gasteiger partial charge on any atom is -0.481 e. The Morgan fingerprint density at radius 3 is 2.32 bits per heavy atom. The third kappa shape index (κ3) is 5.25. The zero-order valence-corrected chi connectivity index (χ0v) is 13.9. The van der Waals surface area contributed by atoms with Crippen molar-refractivity contribution in [3.8, 4) is 11.8 Å². The van der Waals surface area contributed by atoms with Gasteiger partial charge >= 0.3 is 6.03 Å². The minimum atomic E-state index is -0.733. The second kappa shape index (κ2) is 8.36. The molecule has 0 aliphatic rings. The maximum atomic E-state index is 12.2. The molecule has 7 nitrogen and oxygen atoms in total. The van der Waals surface area contributed by atoms with Crippen molar-refractivity contribution >= 4 is 23.3 Å². The van der Waals surface area contributed by atoms with Gasteiger partial charge in [0.2, 0.25) is 0 Å². The van der Waals surface area contributed by atoms with Gasteiger partial charge in [0, 0.05) is 18.4 Å². The Kier molecular flexibility index (Phi) is 5.96. The van der Waals surface area contributed by atoms with Gasteiger partial charge in [0.1, 0.15) is 5.75 Å². The normalized spacial score (nSPS) is 10.9. The molecule has 0 saturated heterocycles. The van der Waals surface area contributed by atoms with Crippen LogP contribution in [0.15, 0.2) is 48.5 Å². The SMILES string of the molecule is CNC(=O)Nc1cccc(NC(=O)C(C)Oc2ccc(C#N)cc2)c1. The largest absolute Gasteiger partial charge is 0.481 e. The quantitative estimate of drug-likeness (QED) is 0.780. The van der Waals surface area contributed by atoms with Gasteiger partial charge in [0.15, 0.2) is 6.10 Å². The van der Waals surface area contributed by atoms with Crippen molar-refractivity contribution in [2.45, 2.75) is 13.0 Å². The predicted molar refractivity (Wildman–Crippen MR) is 94.4 cm³/mol. The lowest BCUT2D eigenvalue weighted by atomic mass is 10.2. The number of carbonyl (C=O) groups excluding carboxylic acids is 2. The van der Waals surface area contributed by atoms with E-state index in [0.29, 0.717) is 22.7 Å². The van der Waals surface area contributed by atoms with Gasteiger partial charge in [-0.25, -0.2) is 4.79 Å². The third-order valence-electron chi connectivity index (χ3n) is 3.28. The van der Waals surface area contributed by atoms with Crippen LogP contribution in [0.3, 0.4) is 0 Å². The molecule has 2 aromatic rings. The molecular formula is C18H18N4O3. The van der Waals surface area contributed by atoms with Gasteiger partial charge in [0.25, 0.3) is 5.91 Å². The van der Waals surface area contributed by atoms with Crippen LogP contribution in [0.2, 0.25) is 0 Å². The van der Waals surface area contributed by atoms with Gasteiger partial charge in [-0.3, -0.25) is 4.79 Å².